The molecule has 0 saturated heterocycles. The van der Waals surface area contributed by atoms with Gasteiger partial charge in [0.25, 0.3) is 0 Å². The summed E-state index contributed by atoms with van der Waals surface area (Å²) in [4.78, 5) is 14.6. The van der Waals surface area contributed by atoms with Gasteiger partial charge in [0.2, 0.25) is 0 Å². The van der Waals surface area contributed by atoms with Crippen LogP contribution in [-0.4, -0.2) is 16.1 Å². The molecule has 0 aliphatic carbocycles. The zero-order chi connectivity index (χ0) is 14.9. The molecular formula is C11H8ClF2N3O2S. The van der Waals surface area contributed by atoms with Crippen molar-refractivity contribution in [3.63, 3.8) is 0 Å². The Morgan fingerprint density at radius 1 is 1.50 bits per heavy atom. The highest BCUT2D eigenvalue weighted by atomic mass is 35.5. The summed E-state index contributed by atoms with van der Waals surface area (Å²) in [6.07, 6.45) is 0. The number of nitrogens with one attached hydrogen (secondary N) is 1. The number of thiazole rings is 1. The van der Waals surface area contributed by atoms with Gasteiger partial charge in [0.15, 0.2) is 10.9 Å². The van der Waals surface area contributed by atoms with E-state index in [1.165, 1.54) is 5.38 Å². The highest BCUT2D eigenvalue weighted by molar-refractivity contribution is 7.13. The fourth-order valence-electron chi connectivity index (χ4n) is 1.38. The minimum Gasteiger partial charge on any atom is -0.480 e. The van der Waals surface area contributed by atoms with E-state index < -0.39 is 23.6 Å². The summed E-state index contributed by atoms with van der Waals surface area (Å²) in [5, 5.41) is 12.8. The Morgan fingerprint density at radius 3 is 2.80 bits per heavy atom. The second-order valence-electron chi connectivity index (χ2n) is 3.76. The molecule has 1 aromatic carbocycles. The van der Waals surface area contributed by atoms with Gasteiger partial charge in [0, 0.05) is 11.4 Å². The van der Waals surface area contributed by atoms with E-state index in [-0.39, 0.29) is 21.5 Å². The molecule has 0 saturated carbocycles. The maximum Gasteiger partial charge on any atom is 0.326 e. The third-order valence-corrected chi connectivity index (χ3v) is 3.42. The summed E-state index contributed by atoms with van der Waals surface area (Å²) in [5.41, 5.74) is 5.38. The van der Waals surface area contributed by atoms with Crippen LogP contribution in [0, 0.1) is 11.6 Å². The lowest BCUT2D eigenvalue weighted by molar-refractivity contribution is -0.138. The van der Waals surface area contributed by atoms with Crippen molar-refractivity contribution in [1.29, 1.82) is 0 Å². The Bertz CT molecular complexity index is 642. The van der Waals surface area contributed by atoms with Gasteiger partial charge in [0.05, 0.1) is 16.4 Å². The van der Waals surface area contributed by atoms with Crippen molar-refractivity contribution < 1.29 is 18.7 Å². The van der Waals surface area contributed by atoms with Crippen LogP contribution in [-0.2, 0) is 4.79 Å². The molecule has 0 fully saturated rings. The maximum absolute atomic E-state index is 13.6. The molecule has 2 rings (SSSR count). The average Bonchev–Trinajstić information content (AvgIpc) is 2.81. The molecule has 1 unspecified atom stereocenters. The Kier molecular flexibility index (Phi) is 4.17. The van der Waals surface area contributed by atoms with Gasteiger partial charge in [-0.15, -0.1) is 11.3 Å². The van der Waals surface area contributed by atoms with Crippen molar-refractivity contribution >= 4 is 39.7 Å². The third kappa shape index (κ3) is 3.03. The number of rotatable bonds is 4. The molecular weight excluding hydrogens is 312 g/mol. The van der Waals surface area contributed by atoms with E-state index >= 15 is 0 Å². The van der Waals surface area contributed by atoms with Crippen LogP contribution in [0.3, 0.4) is 0 Å². The minimum atomic E-state index is -1.27. The maximum atomic E-state index is 13.6. The highest BCUT2D eigenvalue weighted by Crippen LogP contribution is 2.31. The predicted octanol–water partition coefficient (Wildman–Crippen LogP) is 2.90. The lowest BCUT2D eigenvalue weighted by Gasteiger charge is -2.07. The van der Waals surface area contributed by atoms with Crippen molar-refractivity contribution in [2.24, 2.45) is 5.73 Å². The van der Waals surface area contributed by atoms with Gasteiger partial charge < -0.3 is 16.2 Å². The quantitative estimate of drug-likeness (QED) is 0.806. The molecule has 1 aromatic heterocycles. The first-order valence-electron chi connectivity index (χ1n) is 5.24. The van der Waals surface area contributed by atoms with E-state index in [9.17, 15) is 13.6 Å². The summed E-state index contributed by atoms with van der Waals surface area (Å²) in [7, 11) is 0. The third-order valence-electron chi connectivity index (χ3n) is 2.35. The van der Waals surface area contributed by atoms with Gasteiger partial charge in [-0.25, -0.2) is 13.8 Å². The largest absolute Gasteiger partial charge is 0.480 e. The summed E-state index contributed by atoms with van der Waals surface area (Å²) < 4.78 is 26.5. The molecule has 20 heavy (non-hydrogen) atoms. The predicted molar refractivity (Wildman–Crippen MR) is 71.3 cm³/mol. The van der Waals surface area contributed by atoms with Crippen molar-refractivity contribution in [3.05, 3.63) is 39.9 Å². The molecule has 1 atom stereocenters. The first-order valence-corrected chi connectivity index (χ1v) is 6.49. The minimum absolute atomic E-state index is 0.128. The number of carboxylic acid groups (broad SMARTS) is 1. The molecule has 106 valence electrons. The smallest absolute Gasteiger partial charge is 0.326 e. The first-order chi connectivity index (χ1) is 9.38. The number of aliphatic carboxylic acids is 1. The van der Waals surface area contributed by atoms with Crippen LogP contribution in [0.1, 0.15) is 11.7 Å². The summed E-state index contributed by atoms with van der Waals surface area (Å²) >= 11 is 6.75. The van der Waals surface area contributed by atoms with Crippen LogP contribution >= 0.6 is 22.9 Å². The van der Waals surface area contributed by atoms with Crippen LogP contribution in [0.15, 0.2) is 17.5 Å². The van der Waals surface area contributed by atoms with Crippen molar-refractivity contribution in [2.45, 2.75) is 6.04 Å². The summed E-state index contributed by atoms with van der Waals surface area (Å²) in [6.45, 7) is 0. The van der Waals surface area contributed by atoms with Gasteiger partial charge >= 0.3 is 5.97 Å². The van der Waals surface area contributed by atoms with Crippen LogP contribution in [0.4, 0.5) is 19.6 Å². The number of anilines is 2. The zero-order valence-corrected chi connectivity index (χ0v) is 11.3. The number of halogens is 3. The van der Waals surface area contributed by atoms with E-state index in [2.05, 4.69) is 10.3 Å². The number of nitrogens with zero attached hydrogens (tertiary/aromatic N) is 1. The van der Waals surface area contributed by atoms with E-state index in [0.717, 1.165) is 17.4 Å². The molecule has 0 bridgehead atoms. The number of hydrogen-bond donors (Lipinski definition) is 3. The molecule has 1 heterocycles. The van der Waals surface area contributed by atoms with Crippen molar-refractivity contribution in [1.82, 2.24) is 4.98 Å². The topological polar surface area (TPSA) is 88.2 Å². The second kappa shape index (κ2) is 5.70. The molecule has 0 amide bonds. The van der Waals surface area contributed by atoms with E-state index in [0.29, 0.717) is 6.07 Å². The van der Waals surface area contributed by atoms with E-state index in [4.69, 9.17) is 22.4 Å². The fourth-order valence-corrected chi connectivity index (χ4v) is 2.37. The number of hydrogen-bond acceptors (Lipinski definition) is 5. The zero-order valence-electron chi connectivity index (χ0n) is 9.73. The molecule has 0 aliphatic rings. The SMILES string of the molecule is NC(C(=O)O)c1csc(Nc2c(F)cc(F)cc2Cl)n1. The first kappa shape index (κ1) is 14.6. The molecule has 4 N–H and O–H groups in total. The van der Waals surface area contributed by atoms with Crippen LogP contribution in [0.5, 0.6) is 0 Å². The van der Waals surface area contributed by atoms with Gasteiger partial charge in [0.1, 0.15) is 11.9 Å². The normalized spacial score (nSPS) is 12.2. The number of carboxylic acids is 1. The van der Waals surface area contributed by atoms with Gasteiger partial charge in [-0.1, -0.05) is 11.6 Å². The number of benzene rings is 1. The molecule has 0 spiro atoms. The monoisotopic (exact) mass is 319 g/mol. The molecule has 2 aromatic rings. The Hall–Kier alpha value is -1.77. The average molecular weight is 320 g/mol. The van der Waals surface area contributed by atoms with Crippen LogP contribution in [0.25, 0.3) is 0 Å². The Labute approximate surface area is 121 Å². The Balaban J connectivity index is 2.25. The van der Waals surface area contributed by atoms with Crippen molar-refractivity contribution in [3.8, 4) is 0 Å². The Morgan fingerprint density at radius 2 is 2.20 bits per heavy atom. The van der Waals surface area contributed by atoms with E-state index in [1.807, 2.05) is 0 Å². The summed E-state index contributed by atoms with van der Waals surface area (Å²) in [5.74, 6) is -2.91. The van der Waals surface area contributed by atoms with Gasteiger partial charge in [-0.3, -0.25) is 4.79 Å². The lowest BCUT2D eigenvalue weighted by atomic mass is 10.2. The van der Waals surface area contributed by atoms with Gasteiger partial charge in [-0.05, 0) is 6.07 Å². The van der Waals surface area contributed by atoms with Gasteiger partial charge in [-0.2, -0.15) is 0 Å². The lowest BCUT2D eigenvalue weighted by Crippen LogP contribution is -2.20. The molecule has 0 radical (unpaired) electrons. The van der Waals surface area contributed by atoms with Crippen molar-refractivity contribution in [2.75, 3.05) is 5.32 Å². The highest BCUT2D eigenvalue weighted by Gasteiger charge is 2.18. The molecule has 0 aliphatic heterocycles. The van der Waals surface area contributed by atoms with E-state index in [1.54, 1.807) is 0 Å². The molecule has 9 heteroatoms. The summed E-state index contributed by atoms with van der Waals surface area (Å²) in [6, 6.07) is 0.353. The number of aromatic nitrogens is 1. The standard InChI is InChI=1S/C11H8ClF2N3O2S/c12-5-1-4(13)2-6(14)9(5)17-11-16-7(3-20-11)8(15)10(18)19/h1-3,8H,15H2,(H,16,17)(H,18,19). The van der Waals surface area contributed by atoms with Crippen LogP contribution in [0.2, 0.25) is 5.02 Å². The number of nitrogens with two attached hydrogens (primary N) is 1. The van der Waals surface area contributed by atoms with Crippen LogP contribution < -0.4 is 11.1 Å². The second-order valence-corrected chi connectivity index (χ2v) is 5.03. The molecule has 5 nitrogen and oxygen atoms in total. The fraction of sp³-hybridized carbons (Fsp3) is 0.0909. The number of carbonyl (C=O) groups is 1.